The summed E-state index contributed by atoms with van der Waals surface area (Å²) >= 11 is 0. The summed E-state index contributed by atoms with van der Waals surface area (Å²) in [5, 5.41) is 16.1. The molecular weight excluding hydrogens is 322 g/mol. The fourth-order valence-electron chi connectivity index (χ4n) is 2.22. The van der Waals surface area contributed by atoms with Gasteiger partial charge in [0.25, 0.3) is 0 Å². The number of ether oxygens (including phenoxy) is 1. The lowest BCUT2D eigenvalue weighted by Gasteiger charge is -2.24. The van der Waals surface area contributed by atoms with Crippen molar-refractivity contribution >= 4 is 17.6 Å². The first kappa shape index (κ1) is 18.5. The van der Waals surface area contributed by atoms with Crippen molar-refractivity contribution in [2.45, 2.75) is 38.6 Å². The number of carboxylic acids is 1. The molecule has 0 aliphatic heterocycles. The van der Waals surface area contributed by atoms with E-state index in [1.54, 1.807) is 19.2 Å². The van der Waals surface area contributed by atoms with Gasteiger partial charge in [-0.05, 0) is 45.4 Å². The maximum atomic E-state index is 12.7. The number of carbonyl (C=O) groups excluding carboxylic acids is 1. The average molecular weight is 345 g/mol. The van der Waals surface area contributed by atoms with Crippen molar-refractivity contribution in [3.63, 3.8) is 0 Å². The van der Waals surface area contributed by atoms with Crippen LogP contribution >= 0.6 is 0 Å². The largest absolute Gasteiger partial charge is 0.497 e. The van der Waals surface area contributed by atoms with Gasteiger partial charge >= 0.3 is 5.97 Å². The number of rotatable bonds is 6. The lowest BCUT2D eigenvalue weighted by atomic mass is 9.83. The highest BCUT2D eigenvalue weighted by Gasteiger charge is 2.32. The van der Waals surface area contributed by atoms with E-state index < -0.39 is 16.9 Å². The molecule has 0 aliphatic carbocycles. The van der Waals surface area contributed by atoms with Crippen molar-refractivity contribution in [1.82, 2.24) is 9.78 Å². The number of hydrogen-bond donors (Lipinski definition) is 2. The van der Waals surface area contributed by atoms with E-state index in [-0.39, 0.29) is 5.91 Å². The number of carboxylic acid groups (broad SMARTS) is 1. The van der Waals surface area contributed by atoms with Crippen molar-refractivity contribution in [1.29, 1.82) is 0 Å². The Hall–Kier alpha value is -2.83. The van der Waals surface area contributed by atoms with Gasteiger partial charge in [0.15, 0.2) is 5.54 Å². The highest BCUT2D eigenvalue weighted by molar-refractivity contribution is 5.98. The van der Waals surface area contributed by atoms with E-state index >= 15 is 0 Å². The third-order valence-electron chi connectivity index (χ3n) is 4.32. The van der Waals surface area contributed by atoms with E-state index in [9.17, 15) is 14.7 Å². The number of aliphatic carboxylic acids is 1. The molecule has 0 atom stereocenters. The number of carbonyl (C=O) groups is 2. The van der Waals surface area contributed by atoms with Crippen LogP contribution in [0, 0.1) is 0 Å². The van der Waals surface area contributed by atoms with Crippen LogP contribution in [-0.2, 0) is 20.5 Å². The van der Waals surface area contributed by atoms with E-state index in [1.807, 2.05) is 26.0 Å². The van der Waals surface area contributed by atoms with E-state index in [4.69, 9.17) is 4.74 Å². The predicted molar refractivity (Wildman–Crippen MR) is 93.8 cm³/mol. The molecule has 1 aromatic carbocycles. The number of aromatic nitrogens is 2. The first-order valence-corrected chi connectivity index (χ1v) is 7.83. The van der Waals surface area contributed by atoms with Gasteiger partial charge in [-0.15, -0.1) is 0 Å². The molecule has 0 bridgehead atoms. The first-order valence-electron chi connectivity index (χ1n) is 7.83. The Kier molecular flexibility index (Phi) is 4.87. The highest BCUT2D eigenvalue weighted by atomic mass is 16.5. The molecule has 0 spiro atoms. The SMILES string of the molecule is COc1ccc(C(C)(C)C(=O)Nc2cnn(C(C)(C)C(=O)O)c2)cc1. The number of methoxy groups -OCH3 is 1. The molecule has 7 nitrogen and oxygen atoms in total. The minimum Gasteiger partial charge on any atom is -0.497 e. The van der Waals surface area contributed by atoms with E-state index in [1.165, 1.54) is 30.9 Å². The standard InChI is InChI=1S/C18H23N3O4/c1-17(2,12-6-8-14(25-5)9-7-12)15(22)20-13-10-19-21(11-13)18(3,4)16(23)24/h6-11H,1-5H3,(H,20,22)(H,23,24). The fraction of sp³-hybridized carbons (Fsp3) is 0.389. The van der Waals surface area contributed by atoms with Crippen molar-refractivity contribution in [3.8, 4) is 5.75 Å². The Morgan fingerprint density at radius 2 is 1.76 bits per heavy atom. The number of benzene rings is 1. The molecule has 1 heterocycles. The minimum absolute atomic E-state index is 0.217. The van der Waals surface area contributed by atoms with Gasteiger partial charge in [0.2, 0.25) is 5.91 Å². The molecular formula is C18H23N3O4. The zero-order chi connectivity index (χ0) is 18.8. The van der Waals surface area contributed by atoms with Gasteiger partial charge in [-0.2, -0.15) is 5.10 Å². The lowest BCUT2D eigenvalue weighted by Crippen LogP contribution is -2.36. The van der Waals surface area contributed by atoms with Gasteiger partial charge in [-0.3, -0.25) is 9.48 Å². The zero-order valence-corrected chi connectivity index (χ0v) is 15.0. The Morgan fingerprint density at radius 3 is 2.28 bits per heavy atom. The van der Waals surface area contributed by atoms with Crippen LogP contribution in [0.3, 0.4) is 0 Å². The van der Waals surface area contributed by atoms with Crippen molar-refractivity contribution in [2.24, 2.45) is 0 Å². The Balaban J connectivity index is 2.18. The molecule has 0 saturated carbocycles. The smallest absolute Gasteiger partial charge is 0.331 e. The molecule has 0 radical (unpaired) electrons. The number of amides is 1. The maximum absolute atomic E-state index is 12.7. The number of nitrogens with one attached hydrogen (secondary N) is 1. The molecule has 2 N–H and O–H groups in total. The van der Waals surface area contributed by atoms with Gasteiger partial charge in [0.1, 0.15) is 5.75 Å². The van der Waals surface area contributed by atoms with Crippen LogP contribution in [0.5, 0.6) is 5.75 Å². The molecule has 1 aromatic heterocycles. The van der Waals surface area contributed by atoms with Gasteiger partial charge in [0, 0.05) is 6.20 Å². The molecule has 7 heteroatoms. The molecule has 0 fully saturated rings. The maximum Gasteiger partial charge on any atom is 0.331 e. The van der Waals surface area contributed by atoms with E-state index in [0.717, 1.165) is 11.3 Å². The van der Waals surface area contributed by atoms with Gasteiger partial charge in [0.05, 0.1) is 24.4 Å². The molecule has 0 saturated heterocycles. The second kappa shape index (κ2) is 6.58. The predicted octanol–water partition coefficient (Wildman–Crippen LogP) is 2.63. The molecule has 0 unspecified atom stereocenters. The third-order valence-corrected chi connectivity index (χ3v) is 4.32. The summed E-state index contributed by atoms with van der Waals surface area (Å²) in [5.41, 5.74) is -0.699. The third kappa shape index (κ3) is 3.65. The topological polar surface area (TPSA) is 93.5 Å². The van der Waals surface area contributed by atoms with Crippen molar-refractivity contribution in [3.05, 3.63) is 42.2 Å². The second-order valence-electron chi connectivity index (χ2n) is 6.85. The summed E-state index contributed by atoms with van der Waals surface area (Å²) in [6, 6.07) is 7.29. The molecule has 25 heavy (non-hydrogen) atoms. The summed E-state index contributed by atoms with van der Waals surface area (Å²) in [5.74, 6) is -0.505. The minimum atomic E-state index is -1.20. The number of anilines is 1. The Bertz CT molecular complexity index is 776. The molecule has 2 rings (SSSR count). The van der Waals surface area contributed by atoms with E-state index in [2.05, 4.69) is 10.4 Å². The molecule has 134 valence electrons. The summed E-state index contributed by atoms with van der Waals surface area (Å²) in [6.45, 7) is 6.70. The molecule has 0 aliphatic rings. The van der Waals surface area contributed by atoms with Gasteiger partial charge in [-0.1, -0.05) is 12.1 Å². The van der Waals surface area contributed by atoms with Crippen LogP contribution in [0.2, 0.25) is 0 Å². The van der Waals surface area contributed by atoms with Gasteiger partial charge < -0.3 is 15.2 Å². The van der Waals surface area contributed by atoms with Crippen LogP contribution in [0.4, 0.5) is 5.69 Å². The van der Waals surface area contributed by atoms with Crippen LogP contribution < -0.4 is 10.1 Å². The fourth-order valence-corrected chi connectivity index (χ4v) is 2.22. The monoisotopic (exact) mass is 345 g/mol. The van der Waals surface area contributed by atoms with Crippen molar-refractivity contribution in [2.75, 3.05) is 12.4 Å². The van der Waals surface area contributed by atoms with Gasteiger partial charge in [-0.25, -0.2) is 4.79 Å². The average Bonchev–Trinajstić information content (AvgIpc) is 3.04. The quantitative estimate of drug-likeness (QED) is 0.839. The number of hydrogen-bond acceptors (Lipinski definition) is 4. The lowest BCUT2D eigenvalue weighted by molar-refractivity contribution is -0.146. The Morgan fingerprint density at radius 1 is 1.16 bits per heavy atom. The first-order chi connectivity index (χ1) is 11.6. The van der Waals surface area contributed by atoms with Crippen LogP contribution in [0.15, 0.2) is 36.7 Å². The van der Waals surface area contributed by atoms with Crippen LogP contribution in [-0.4, -0.2) is 33.9 Å². The Labute approximate surface area is 146 Å². The second-order valence-corrected chi connectivity index (χ2v) is 6.85. The van der Waals surface area contributed by atoms with Crippen molar-refractivity contribution < 1.29 is 19.4 Å². The normalized spacial score (nSPS) is 11.9. The molecule has 1 amide bonds. The summed E-state index contributed by atoms with van der Waals surface area (Å²) in [7, 11) is 1.59. The van der Waals surface area contributed by atoms with Crippen LogP contribution in [0.1, 0.15) is 33.3 Å². The summed E-state index contributed by atoms with van der Waals surface area (Å²) in [4.78, 5) is 24.0. The highest BCUT2D eigenvalue weighted by Crippen LogP contribution is 2.27. The number of nitrogens with zero attached hydrogens (tertiary/aromatic N) is 2. The van der Waals surface area contributed by atoms with E-state index in [0.29, 0.717) is 5.69 Å². The zero-order valence-electron chi connectivity index (χ0n) is 15.0. The summed E-state index contributed by atoms with van der Waals surface area (Å²) in [6.07, 6.45) is 2.95. The molecule has 2 aromatic rings. The summed E-state index contributed by atoms with van der Waals surface area (Å²) < 4.78 is 6.44. The van der Waals surface area contributed by atoms with Crippen LogP contribution in [0.25, 0.3) is 0 Å².